The molecule has 0 spiro atoms. The molecule has 80 valence electrons. The number of hydrogen-bond donors (Lipinski definition) is 1. The molecule has 0 aliphatic rings. The number of hydrogen-bond acceptors (Lipinski definition) is 3. The summed E-state index contributed by atoms with van der Waals surface area (Å²) < 4.78 is 5.24. The summed E-state index contributed by atoms with van der Waals surface area (Å²) in [4.78, 5) is 4.39. The molecule has 0 aliphatic carbocycles. The van der Waals surface area contributed by atoms with Crippen molar-refractivity contribution in [3.8, 4) is 0 Å². The highest BCUT2D eigenvalue weighted by molar-refractivity contribution is 5.01. The number of rotatable bonds is 5. The number of aromatic nitrogens is 3. The summed E-state index contributed by atoms with van der Waals surface area (Å²) in [6.45, 7) is 2.13. The molecule has 4 nitrogen and oxygen atoms in total. The molecule has 2 rings (SSSR count). The first-order chi connectivity index (χ1) is 7.38. The van der Waals surface area contributed by atoms with Crippen LogP contribution >= 0.6 is 0 Å². The summed E-state index contributed by atoms with van der Waals surface area (Å²) in [6, 6.07) is 3.87. The van der Waals surface area contributed by atoms with Crippen molar-refractivity contribution in [2.75, 3.05) is 0 Å². The van der Waals surface area contributed by atoms with Crippen molar-refractivity contribution >= 4 is 0 Å². The molecule has 0 aliphatic heterocycles. The van der Waals surface area contributed by atoms with Gasteiger partial charge in [0.05, 0.1) is 6.26 Å². The lowest BCUT2D eigenvalue weighted by molar-refractivity contribution is 0.506. The maximum Gasteiger partial charge on any atom is 0.151 e. The van der Waals surface area contributed by atoms with Gasteiger partial charge < -0.3 is 4.42 Å². The van der Waals surface area contributed by atoms with Gasteiger partial charge in [-0.2, -0.15) is 5.10 Å². The summed E-state index contributed by atoms with van der Waals surface area (Å²) >= 11 is 0. The molecule has 4 heteroatoms. The maximum atomic E-state index is 5.24. The summed E-state index contributed by atoms with van der Waals surface area (Å²) in [5.74, 6) is 2.83. The number of aryl methyl sites for hydroxylation is 3. The smallest absolute Gasteiger partial charge is 0.151 e. The molecule has 1 N–H and O–H groups in total. The molecule has 0 radical (unpaired) electrons. The van der Waals surface area contributed by atoms with E-state index in [1.165, 1.54) is 0 Å². The maximum absolute atomic E-state index is 5.24. The van der Waals surface area contributed by atoms with Crippen molar-refractivity contribution < 1.29 is 4.42 Å². The van der Waals surface area contributed by atoms with Gasteiger partial charge in [-0.1, -0.05) is 6.92 Å². The fourth-order valence-electron chi connectivity index (χ4n) is 1.49. The van der Waals surface area contributed by atoms with Crippen molar-refractivity contribution in [3.05, 3.63) is 35.8 Å². The molecule has 0 bridgehead atoms. The second-order valence-corrected chi connectivity index (χ2v) is 3.53. The van der Waals surface area contributed by atoms with Crippen molar-refractivity contribution in [2.24, 2.45) is 0 Å². The van der Waals surface area contributed by atoms with Crippen LogP contribution < -0.4 is 0 Å². The van der Waals surface area contributed by atoms with Gasteiger partial charge in [-0.3, -0.25) is 5.10 Å². The van der Waals surface area contributed by atoms with E-state index in [9.17, 15) is 0 Å². The van der Waals surface area contributed by atoms with E-state index in [4.69, 9.17) is 4.42 Å². The standard InChI is InChI=1S/C11H15N3O/c1-2-4-10-12-11(14-13-10)7-6-9-5-3-8-15-9/h3,5,8H,2,4,6-7H2,1H3,(H,12,13,14). The topological polar surface area (TPSA) is 54.7 Å². The zero-order chi connectivity index (χ0) is 10.5. The molecular formula is C11H15N3O. The first kappa shape index (κ1) is 9.96. The fourth-order valence-corrected chi connectivity index (χ4v) is 1.49. The Kier molecular flexibility index (Phi) is 3.17. The number of furan rings is 1. The van der Waals surface area contributed by atoms with Crippen LogP contribution in [0.25, 0.3) is 0 Å². The fraction of sp³-hybridized carbons (Fsp3) is 0.455. The van der Waals surface area contributed by atoms with Crippen molar-refractivity contribution in [3.63, 3.8) is 0 Å². The molecule has 2 aromatic heterocycles. The largest absolute Gasteiger partial charge is 0.469 e. The van der Waals surface area contributed by atoms with Crippen LogP contribution in [-0.4, -0.2) is 15.2 Å². The highest BCUT2D eigenvalue weighted by atomic mass is 16.3. The van der Waals surface area contributed by atoms with Crippen LogP contribution in [0.15, 0.2) is 22.8 Å². The van der Waals surface area contributed by atoms with E-state index in [2.05, 4.69) is 22.1 Å². The van der Waals surface area contributed by atoms with Crippen molar-refractivity contribution in [2.45, 2.75) is 32.6 Å². The molecule has 0 saturated carbocycles. The third kappa shape index (κ3) is 2.68. The SMILES string of the molecule is CCCc1nc(CCc2ccco2)n[nH]1. The summed E-state index contributed by atoms with van der Waals surface area (Å²) in [5.41, 5.74) is 0. The highest BCUT2D eigenvalue weighted by Gasteiger charge is 2.03. The Morgan fingerprint density at radius 1 is 1.33 bits per heavy atom. The highest BCUT2D eigenvalue weighted by Crippen LogP contribution is 2.05. The van der Waals surface area contributed by atoms with Crippen LogP contribution in [0, 0.1) is 0 Å². The molecule has 2 heterocycles. The Labute approximate surface area is 88.7 Å². The molecule has 0 aromatic carbocycles. The van der Waals surface area contributed by atoms with Crippen molar-refractivity contribution in [1.29, 1.82) is 0 Å². The molecule has 0 amide bonds. The first-order valence-corrected chi connectivity index (χ1v) is 5.31. The number of nitrogens with one attached hydrogen (secondary N) is 1. The zero-order valence-corrected chi connectivity index (χ0v) is 8.86. The van der Waals surface area contributed by atoms with E-state index < -0.39 is 0 Å². The molecule has 2 aromatic rings. The lowest BCUT2D eigenvalue weighted by atomic mass is 10.2. The van der Waals surface area contributed by atoms with E-state index >= 15 is 0 Å². The van der Waals surface area contributed by atoms with Crippen LogP contribution in [0.3, 0.4) is 0 Å². The molecule has 0 fully saturated rings. The monoisotopic (exact) mass is 205 g/mol. The van der Waals surface area contributed by atoms with E-state index in [1.807, 2.05) is 12.1 Å². The quantitative estimate of drug-likeness (QED) is 0.813. The van der Waals surface area contributed by atoms with Crippen molar-refractivity contribution in [1.82, 2.24) is 15.2 Å². The lowest BCUT2D eigenvalue weighted by Crippen LogP contribution is -1.92. The lowest BCUT2D eigenvalue weighted by Gasteiger charge is -1.91. The van der Waals surface area contributed by atoms with Gasteiger partial charge in [0.15, 0.2) is 5.82 Å². The number of nitrogens with zero attached hydrogens (tertiary/aromatic N) is 2. The summed E-state index contributed by atoms with van der Waals surface area (Å²) in [6.07, 6.45) is 5.43. The Hall–Kier alpha value is -1.58. The Bertz CT molecular complexity index is 392. The van der Waals surface area contributed by atoms with E-state index in [0.717, 1.165) is 43.1 Å². The van der Waals surface area contributed by atoms with Gasteiger partial charge in [-0.05, 0) is 18.6 Å². The van der Waals surface area contributed by atoms with Gasteiger partial charge in [-0.15, -0.1) is 0 Å². The van der Waals surface area contributed by atoms with Gasteiger partial charge in [0, 0.05) is 19.3 Å². The second-order valence-electron chi connectivity index (χ2n) is 3.53. The summed E-state index contributed by atoms with van der Waals surface area (Å²) in [7, 11) is 0. The van der Waals surface area contributed by atoms with Crippen LogP contribution in [0.4, 0.5) is 0 Å². The second kappa shape index (κ2) is 4.77. The van der Waals surface area contributed by atoms with E-state index in [0.29, 0.717) is 0 Å². The molecular weight excluding hydrogens is 190 g/mol. The zero-order valence-electron chi connectivity index (χ0n) is 8.86. The Balaban J connectivity index is 1.88. The number of H-pyrrole nitrogens is 1. The van der Waals surface area contributed by atoms with E-state index in [-0.39, 0.29) is 0 Å². The Morgan fingerprint density at radius 2 is 2.27 bits per heavy atom. The Morgan fingerprint density at radius 3 is 3.00 bits per heavy atom. The van der Waals surface area contributed by atoms with Gasteiger partial charge in [0.25, 0.3) is 0 Å². The minimum absolute atomic E-state index is 0.827. The van der Waals surface area contributed by atoms with Gasteiger partial charge in [0.1, 0.15) is 11.6 Å². The van der Waals surface area contributed by atoms with Crippen LogP contribution in [-0.2, 0) is 19.3 Å². The van der Waals surface area contributed by atoms with Gasteiger partial charge in [-0.25, -0.2) is 4.98 Å². The first-order valence-electron chi connectivity index (χ1n) is 5.31. The predicted molar refractivity (Wildman–Crippen MR) is 56.5 cm³/mol. The summed E-state index contributed by atoms with van der Waals surface area (Å²) in [5, 5.41) is 7.10. The minimum Gasteiger partial charge on any atom is -0.469 e. The predicted octanol–water partition coefficient (Wildman–Crippen LogP) is 2.14. The normalized spacial score (nSPS) is 10.7. The van der Waals surface area contributed by atoms with Crippen LogP contribution in [0.2, 0.25) is 0 Å². The molecule has 0 unspecified atom stereocenters. The average molecular weight is 205 g/mol. The van der Waals surface area contributed by atoms with E-state index in [1.54, 1.807) is 6.26 Å². The van der Waals surface area contributed by atoms with Crippen LogP contribution in [0.5, 0.6) is 0 Å². The van der Waals surface area contributed by atoms with Crippen LogP contribution in [0.1, 0.15) is 30.8 Å². The average Bonchev–Trinajstić information content (AvgIpc) is 2.85. The third-order valence-corrected chi connectivity index (χ3v) is 2.24. The minimum atomic E-state index is 0.827. The molecule has 0 atom stereocenters. The molecule has 0 saturated heterocycles. The van der Waals surface area contributed by atoms with Gasteiger partial charge >= 0.3 is 0 Å². The molecule has 15 heavy (non-hydrogen) atoms. The third-order valence-electron chi connectivity index (χ3n) is 2.24. The number of aromatic amines is 1. The van der Waals surface area contributed by atoms with Gasteiger partial charge in [0.2, 0.25) is 0 Å².